The molecule has 0 bridgehead atoms. The summed E-state index contributed by atoms with van der Waals surface area (Å²) in [5.74, 6) is -0.667. The number of nitro groups is 1. The molecule has 0 saturated heterocycles. The van der Waals surface area contributed by atoms with Gasteiger partial charge in [0, 0.05) is 16.2 Å². The lowest BCUT2D eigenvalue weighted by molar-refractivity contribution is -0.386. The maximum Gasteiger partial charge on any atom is 0.312 e. The van der Waals surface area contributed by atoms with Crippen LogP contribution in [-0.2, 0) is 17.9 Å². The molecular formula is C19H19Cl3N6O3. The molecule has 31 heavy (non-hydrogen) atoms. The maximum absolute atomic E-state index is 12.6. The van der Waals surface area contributed by atoms with Crippen molar-refractivity contribution >= 4 is 52.2 Å². The molecule has 1 amide bonds. The fourth-order valence-corrected chi connectivity index (χ4v) is 3.76. The number of benzene rings is 1. The van der Waals surface area contributed by atoms with Gasteiger partial charge in [0.15, 0.2) is 5.82 Å². The molecule has 0 fully saturated rings. The highest BCUT2D eigenvalue weighted by atomic mass is 35.5. The van der Waals surface area contributed by atoms with E-state index in [-0.39, 0.29) is 29.0 Å². The standard InChI is InChI=1S/C19H19Cl3N6O3/c1-10(7-27-12(3)17(28(30)31)11(2)24-27)19(29)23-18-16(22)9-26(25-18)8-13-4-5-14(20)6-15(13)21/h4-6,9-10H,7-8H2,1-3H3,(H,23,25,29). The summed E-state index contributed by atoms with van der Waals surface area (Å²) in [5, 5.41) is 23.6. The van der Waals surface area contributed by atoms with Gasteiger partial charge in [-0.05, 0) is 31.5 Å². The van der Waals surface area contributed by atoms with E-state index in [4.69, 9.17) is 34.8 Å². The molecule has 164 valence electrons. The fourth-order valence-electron chi connectivity index (χ4n) is 3.10. The molecule has 3 aromatic rings. The quantitative estimate of drug-likeness (QED) is 0.379. The lowest BCUT2D eigenvalue weighted by Crippen LogP contribution is -2.25. The number of nitrogens with one attached hydrogen (secondary N) is 1. The molecule has 2 aromatic heterocycles. The molecule has 1 aromatic carbocycles. The van der Waals surface area contributed by atoms with Crippen molar-refractivity contribution in [1.82, 2.24) is 19.6 Å². The minimum atomic E-state index is -0.537. The van der Waals surface area contributed by atoms with Crippen LogP contribution in [0.15, 0.2) is 24.4 Å². The number of carbonyl (C=O) groups excluding carboxylic acids is 1. The van der Waals surface area contributed by atoms with E-state index in [1.165, 1.54) is 4.68 Å². The third kappa shape index (κ3) is 5.17. The van der Waals surface area contributed by atoms with Crippen molar-refractivity contribution in [3.63, 3.8) is 0 Å². The number of rotatable bonds is 7. The predicted octanol–water partition coefficient (Wildman–Crippen LogP) is 4.89. The van der Waals surface area contributed by atoms with Crippen LogP contribution in [0.2, 0.25) is 15.1 Å². The first kappa shape index (κ1) is 23.1. The summed E-state index contributed by atoms with van der Waals surface area (Å²) in [6.07, 6.45) is 1.58. The minimum absolute atomic E-state index is 0.0461. The van der Waals surface area contributed by atoms with E-state index in [0.717, 1.165) is 5.56 Å². The summed E-state index contributed by atoms with van der Waals surface area (Å²) >= 11 is 18.3. The predicted molar refractivity (Wildman–Crippen MR) is 119 cm³/mol. The van der Waals surface area contributed by atoms with E-state index in [9.17, 15) is 14.9 Å². The van der Waals surface area contributed by atoms with E-state index in [1.54, 1.807) is 49.8 Å². The van der Waals surface area contributed by atoms with Gasteiger partial charge in [0.25, 0.3) is 0 Å². The SMILES string of the molecule is Cc1nn(CC(C)C(=O)Nc2nn(Cc3ccc(Cl)cc3Cl)cc2Cl)c(C)c1[N+](=O)[O-]. The van der Waals surface area contributed by atoms with Crippen molar-refractivity contribution < 1.29 is 9.72 Å². The second-order valence-electron chi connectivity index (χ2n) is 7.11. The van der Waals surface area contributed by atoms with Gasteiger partial charge in [-0.15, -0.1) is 0 Å². The third-order valence-corrected chi connectivity index (χ3v) is 5.59. The molecule has 9 nitrogen and oxygen atoms in total. The molecule has 0 aliphatic carbocycles. The average Bonchev–Trinajstić information content (AvgIpc) is 3.15. The zero-order valence-corrected chi connectivity index (χ0v) is 19.2. The van der Waals surface area contributed by atoms with Crippen molar-refractivity contribution in [3.05, 3.63) is 66.5 Å². The summed E-state index contributed by atoms with van der Waals surface area (Å²) in [4.78, 5) is 23.3. The van der Waals surface area contributed by atoms with Crippen molar-refractivity contribution in [2.75, 3.05) is 5.32 Å². The molecule has 3 rings (SSSR count). The molecule has 1 unspecified atom stereocenters. The van der Waals surface area contributed by atoms with Gasteiger partial charge in [-0.25, -0.2) is 0 Å². The van der Waals surface area contributed by atoms with Gasteiger partial charge in [0.05, 0.1) is 23.9 Å². The Balaban J connectivity index is 1.69. The lowest BCUT2D eigenvalue weighted by Gasteiger charge is -2.12. The van der Waals surface area contributed by atoms with Crippen LogP contribution in [0.5, 0.6) is 0 Å². The van der Waals surface area contributed by atoms with E-state index in [0.29, 0.717) is 28.0 Å². The first-order chi connectivity index (χ1) is 14.6. The Labute approximate surface area is 193 Å². The van der Waals surface area contributed by atoms with Gasteiger partial charge in [0.2, 0.25) is 5.91 Å². The van der Waals surface area contributed by atoms with Crippen molar-refractivity contribution in [2.24, 2.45) is 5.92 Å². The molecule has 12 heteroatoms. The molecule has 1 N–H and O–H groups in total. The molecule has 0 spiro atoms. The van der Waals surface area contributed by atoms with Gasteiger partial charge < -0.3 is 5.32 Å². The van der Waals surface area contributed by atoms with E-state index >= 15 is 0 Å². The highest BCUT2D eigenvalue weighted by Crippen LogP contribution is 2.25. The number of halogens is 3. The van der Waals surface area contributed by atoms with Gasteiger partial charge >= 0.3 is 5.69 Å². The summed E-state index contributed by atoms with van der Waals surface area (Å²) in [5.41, 5.74) is 1.44. The number of aryl methyl sites for hydroxylation is 1. The van der Waals surface area contributed by atoms with Gasteiger partial charge in [0.1, 0.15) is 16.4 Å². The highest BCUT2D eigenvalue weighted by Gasteiger charge is 2.24. The Morgan fingerprint density at radius 3 is 2.55 bits per heavy atom. The number of aromatic nitrogens is 4. The Bertz CT molecular complexity index is 1160. The summed E-state index contributed by atoms with van der Waals surface area (Å²) < 4.78 is 3.02. The van der Waals surface area contributed by atoms with Crippen LogP contribution in [0.4, 0.5) is 11.5 Å². The van der Waals surface area contributed by atoms with Crippen LogP contribution >= 0.6 is 34.8 Å². The average molecular weight is 486 g/mol. The van der Waals surface area contributed by atoms with Crippen molar-refractivity contribution in [1.29, 1.82) is 0 Å². The first-order valence-electron chi connectivity index (χ1n) is 9.23. The molecule has 2 heterocycles. The van der Waals surface area contributed by atoms with Crippen LogP contribution in [0, 0.1) is 29.9 Å². The van der Waals surface area contributed by atoms with E-state index < -0.39 is 10.8 Å². The fraction of sp³-hybridized carbons (Fsp3) is 0.316. The second-order valence-corrected chi connectivity index (χ2v) is 8.36. The summed E-state index contributed by atoms with van der Waals surface area (Å²) in [6, 6.07) is 5.15. The maximum atomic E-state index is 12.6. The number of amides is 1. The second kappa shape index (κ2) is 9.25. The van der Waals surface area contributed by atoms with Crippen LogP contribution in [0.25, 0.3) is 0 Å². The molecule has 0 aliphatic rings. The third-order valence-electron chi connectivity index (χ3n) is 4.73. The number of nitrogens with zero attached hydrogens (tertiary/aromatic N) is 5. The lowest BCUT2D eigenvalue weighted by atomic mass is 10.1. The summed E-state index contributed by atoms with van der Waals surface area (Å²) in [6.45, 7) is 5.37. The Morgan fingerprint density at radius 1 is 1.23 bits per heavy atom. The van der Waals surface area contributed by atoms with Crippen LogP contribution in [0.3, 0.4) is 0 Å². The molecular weight excluding hydrogens is 467 g/mol. The molecule has 0 saturated carbocycles. The molecule has 0 radical (unpaired) electrons. The number of hydrogen-bond donors (Lipinski definition) is 1. The van der Waals surface area contributed by atoms with Gasteiger partial charge in [-0.3, -0.25) is 24.3 Å². The van der Waals surface area contributed by atoms with Crippen LogP contribution < -0.4 is 5.32 Å². The monoisotopic (exact) mass is 484 g/mol. The first-order valence-corrected chi connectivity index (χ1v) is 10.4. The number of hydrogen-bond acceptors (Lipinski definition) is 5. The normalized spacial score (nSPS) is 12.1. The van der Waals surface area contributed by atoms with Gasteiger partial charge in [-0.1, -0.05) is 47.8 Å². The number of anilines is 1. The van der Waals surface area contributed by atoms with Crippen LogP contribution in [-0.4, -0.2) is 30.4 Å². The van der Waals surface area contributed by atoms with Crippen LogP contribution in [0.1, 0.15) is 23.9 Å². The van der Waals surface area contributed by atoms with Crippen molar-refractivity contribution in [2.45, 2.75) is 33.9 Å². The molecule has 1 atom stereocenters. The molecule has 0 aliphatic heterocycles. The topological polar surface area (TPSA) is 108 Å². The Morgan fingerprint density at radius 2 is 1.94 bits per heavy atom. The highest BCUT2D eigenvalue weighted by molar-refractivity contribution is 6.35. The Kier molecular flexibility index (Phi) is 6.88. The zero-order chi connectivity index (χ0) is 22.9. The van der Waals surface area contributed by atoms with E-state index in [2.05, 4.69) is 15.5 Å². The number of carbonyl (C=O) groups is 1. The summed E-state index contributed by atoms with van der Waals surface area (Å²) in [7, 11) is 0. The Hall–Kier alpha value is -2.62. The smallest absolute Gasteiger partial charge is 0.308 e. The zero-order valence-electron chi connectivity index (χ0n) is 16.9. The van der Waals surface area contributed by atoms with Crippen molar-refractivity contribution in [3.8, 4) is 0 Å². The minimum Gasteiger partial charge on any atom is -0.308 e. The van der Waals surface area contributed by atoms with Gasteiger partial charge in [-0.2, -0.15) is 10.2 Å². The van der Waals surface area contributed by atoms with E-state index in [1.807, 2.05) is 0 Å². The largest absolute Gasteiger partial charge is 0.312 e.